The van der Waals surface area contributed by atoms with Gasteiger partial charge in [0.25, 0.3) is 5.91 Å². The van der Waals surface area contributed by atoms with Crippen molar-refractivity contribution in [2.75, 3.05) is 13.6 Å². The van der Waals surface area contributed by atoms with E-state index >= 15 is 0 Å². The Balaban J connectivity index is 2.24. The van der Waals surface area contributed by atoms with E-state index in [1.807, 2.05) is 27.7 Å². The highest BCUT2D eigenvalue weighted by molar-refractivity contribution is 6.38. The number of Topliss-reactive ketones (excluding diaryl/α,β-unsaturated/α-hetero) is 1. The zero-order chi connectivity index (χ0) is 23.0. The van der Waals surface area contributed by atoms with Crippen LogP contribution in [-0.2, 0) is 19.2 Å². The average Bonchev–Trinajstić information content (AvgIpc) is 3.03. The number of carbonyl (C=O) groups is 4. The quantitative estimate of drug-likeness (QED) is 0.500. The highest BCUT2D eigenvalue weighted by Gasteiger charge is 2.69. The van der Waals surface area contributed by atoms with E-state index in [4.69, 9.17) is 5.73 Å². The Kier molecular flexibility index (Phi) is 7.01. The first-order chi connectivity index (χ1) is 13.8. The van der Waals surface area contributed by atoms with Crippen LogP contribution in [0.3, 0.4) is 0 Å². The molecule has 1 saturated carbocycles. The van der Waals surface area contributed by atoms with Gasteiger partial charge in [-0.05, 0) is 29.1 Å². The Morgan fingerprint density at radius 1 is 1.20 bits per heavy atom. The Morgan fingerprint density at radius 2 is 1.80 bits per heavy atom. The van der Waals surface area contributed by atoms with Gasteiger partial charge in [0.1, 0.15) is 6.04 Å². The molecule has 1 aliphatic carbocycles. The Labute approximate surface area is 179 Å². The van der Waals surface area contributed by atoms with Gasteiger partial charge in [-0.1, -0.05) is 54.4 Å². The largest absolute Gasteiger partial charge is 0.353 e. The molecule has 0 spiro atoms. The number of piperidine rings is 1. The minimum Gasteiger partial charge on any atom is -0.353 e. The van der Waals surface area contributed by atoms with E-state index < -0.39 is 35.2 Å². The van der Waals surface area contributed by atoms with E-state index in [9.17, 15) is 19.2 Å². The molecule has 2 rings (SSSR count). The number of likely N-dealkylation sites (N-methyl/N-ethyl adjacent to an activating group) is 1. The van der Waals surface area contributed by atoms with Gasteiger partial charge in [-0.15, -0.1) is 0 Å². The van der Waals surface area contributed by atoms with Gasteiger partial charge in [0.15, 0.2) is 0 Å². The van der Waals surface area contributed by atoms with Crippen molar-refractivity contribution in [3.05, 3.63) is 0 Å². The maximum Gasteiger partial charge on any atom is 0.289 e. The molecule has 0 radical (unpaired) electrons. The molecule has 1 saturated heterocycles. The SMILES string of the molecule is CCCCC(NC(=O)[C@@H]1[C@@H]2[C@H](CN1C(=O)[C@@H](N)C(C)(C)C)C2(C)C)C(=O)C(=O)NC. The number of fused-ring (bicyclic) bond motifs is 1. The fraction of sp³-hybridized carbons (Fsp3) is 0.818. The molecule has 2 fully saturated rings. The van der Waals surface area contributed by atoms with Gasteiger partial charge in [0.05, 0.1) is 12.1 Å². The summed E-state index contributed by atoms with van der Waals surface area (Å²) in [6.07, 6.45) is 1.92. The summed E-state index contributed by atoms with van der Waals surface area (Å²) in [4.78, 5) is 52.4. The van der Waals surface area contributed by atoms with Crippen molar-refractivity contribution in [2.24, 2.45) is 28.4 Å². The van der Waals surface area contributed by atoms with Crippen molar-refractivity contribution < 1.29 is 19.2 Å². The van der Waals surface area contributed by atoms with Crippen LogP contribution in [0.4, 0.5) is 0 Å². The number of hydrogen-bond donors (Lipinski definition) is 3. The molecule has 8 nitrogen and oxygen atoms in total. The van der Waals surface area contributed by atoms with Crippen molar-refractivity contribution in [3.8, 4) is 0 Å². The lowest BCUT2D eigenvalue weighted by Crippen LogP contribution is -2.59. The summed E-state index contributed by atoms with van der Waals surface area (Å²) in [5.41, 5.74) is 5.73. The van der Waals surface area contributed by atoms with Crippen molar-refractivity contribution >= 4 is 23.5 Å². The second kappa shape index (κ2) is 8.65. The van der Waals surface area contributed by atoms with Crippen LogP contribution in [0, 0.1) is 22.7 Å². The van der Waals surface area contributed by atoms with Crippen LogP contribution >= 0.6 is 0 Å². The van der Waals surface area contributed by atoms with Crippen LogP contribution in [0.15, 0.2) is 0 Å². The highest BCUT2D eigenvalue weighted by Crippen LogP contribution is 2.65. The Bertz CT molecular complexity index is 712. The summed E-state index contributed by atoms with van der Waals surface area (Å²) in [5, 5.41) is 5.11. The number of unbranched alkanes of at least 4 members (excludes halogenated alkanes) is 1. The number of amides is 3. The number of likely N-dealkylation sites (tertiary alicyclic amines) is 1. The van der Waals surface area contributed by atoms with Gasteiger partial charge in [-0.3, -0.25) is 19.2 Å². The average molecular weight is 423 g/mol. The van der Waals surface area contributed by atoms with E-state index in [1.54, 1.807) is 4.90 Å². The summed E-state index contributed by atoms with van der Waals surface area (Å²) in [5.74, 6) is -1.75. The number of nitrogens with one attached hydrogen (secondary N) is 2. The molecule has 0 aromatic heterocycles. The first-order valence-corrected chi connectivity index (χ1v) is 10.9. The van der Waals surface area contributed by atoms with Gasteiger partial charge in [0, 0.05) is 13.6 Å². The lowest BCUT2D eigenvalue weighted by atomic mass is 9.86. The molecule has 0 aromatic carbocycles. The first kappa shape index (κ1) is 24.3. The molecule has 30 heavy (non-hydrogen) atoms. The predicted molar refractivity (Wildman–Crippen MR) is 114 cm³/mol. The molecule has 0 bridgehead atoms. The van der Waals surface area contributed by atoms with Gasteiger partial charge in [-0.2, -0.15) is 0 Å². The molecule has 1 aliphatic heterocycles. The molecule has 3 amide bonds. The minimum absolute atomic E-state index is 0.0237. The third-order valence-electron chi connectivity index (χ3n) is 6.89. The number of nitrogens with two attached hydrogens (primary N) is 1. The third-order valence-corrected chi connectivity index (χ3v) is 6.89. The summed E-state index contributed by atoms with van der Waals surface area (Å²) in [7, 11) is 1.39. The van der Waals surface area contributed by atoms with Crippen molar-refractivity contribution in [1.29, 1.82) is 0 Å². The van der Waals surface area contributed by atoms with Gasteiger partial charge >= 0.3 is 0 Å². The molecule has 2 aliphatic rings. The van der Waals surface area contributed by atoms with Gasteiger partial charge in [0.2, 0.25) is 17.6 Å². The van der Waals surface area contributed by atoms with E-state index in [-0.39, 0.29) is 29.1 Å². The first-order valence-electron chi connectivity index (χ1n) is 10.9. The fourth-order valence-corrected chi connectivity index (χ4v) is 4.58. The lowest BCUT2D eigenvalue weighted by Gasteiger charge is -2.36. The van der Waals surface area contributed by atoms with Crippen LogP contribution in [0.2, 0.25) is 0 Å². The molecule has 0 aromatic rings. The van der Waals surface area contributed by atoms with Crippen molar-refractivity contribution in [3.63, 3.8) is 0 Å². The predicted octanol–water partition coefficient (Wildman–Crippen LogP) is 0.833. The zero-order valence-electron chi connectivity index (χ0n) is 19.4. The third kappa shape index (κ3) is 4.53. The second-order valence-corrected chi connectivity index (χ2v) is 10.4. The van der Waals surface area contributed by atoms with Gasteiger partial charge < -0.3 is 21.3 Å². The van der Waals surface area contributed by atoms with E-state index in [2.05, 4.69) is 24.5 Å². The molecule has 1 heterocycles. The van der Waals surface area contributed by atoms with Gasteiger partial charge in [-0.25, -0.2) is 0 Å². The molecule has 8 heteroatoms. The summed E-state index contributed by atoms with van der Waals surface area (Å²) >= 11 is 0. The van der Waals surface area contributed by atoms with Crippen molar-refractivity contribution in [2.45, 2.75) is 78.9 Å². The van der Waals surface area contributed by atoms with Crippen LogP contribution in [0.25, 0.3) is 0 Å². The molecule has 4 N–H and O–H groups in total. The van der Waals surface area contributed by atoms with Crippen molar-refractivity contribution in [1.82, 2.24) is 15.5 Å². The maximum atomic E-state index is 13.3. The molecule has 5 atom stereocenters. The molecular weight excluding hydrogens is 384 g/mol. The van der Waals surface area contributed by atoms with E-state index in [0.717, 1.165) is 6.42 Å². The fourth-order valence-electron chi connectivity index (χ4n) is 4.58. The number of carbonyl (C=O) groups excluding carboxylic acids is 4. The lowest BCUT2D eigenvalue weighted by molar-refractivity contribution is -0.144. The van der Waals surface area contributed by atoms with E-state index in [0.29, 0.717) is 19.4 Å². The molecule has 170 valence electrons. The normalized spacial score (nSPS) is 26.4. The second-order valence-electron chi connectivity index (χ2n) is 10.4. The maximum absolute atomic E-state index is 13.3. The highest BCUT2D eigenvalue weighted by atomic mass is 16.2. The number of nitrogens with zero attached hydrogens (tertiary/aromatic N) is 1. The summed E-state index contributed by atoms with van der Waals surface area (Å²) < 4.78 is 0. The smallest absolute Gasteiger partial charge is 0.289 e. The summed E-state index contributed by atoms with van der Waals surface area (Å²) in [6.45, 7) is 12.3. The van der Waals surface area contributed by atoms with Crippen LogP contribution in [0.5, 0.6) is 0 Å². The van der Waals surface area contributed by atoms with E-state index in [1.165, 1.54) is 7.05 Å². The number of rotatable bonds is 8. The summed E-state index contributed by atoms with van der Waals surface area (Å²) in [6, 6.07) is -2.30. The monoisotopic (exact) mass is 422 g/mol. The number of hydrogen-bond acceptors (Lipinski definition) is 5. The topological polar surface area (TPSA) is 122 Å². The minimum atomic E-state index is -0.897. The molecule has 1 unspecified atom stereocenters. The number of ketones is 1. The van der Waals surface area contributed by atoms with Crippen LogP contribution in [-0.4, -0.2) is 60.1 Å². The van der Waals surface area contributed by atoms with Crippen LogP contribution < -0.4 is 16.4 Å². The zero-order valence-corrected chi connectivity index (χ0v) is 19.4. The van der Waals surface area contributed by atoms with Crippen LogP contribution in [0.1, 0.15) is 60.8 Å². The Morgan fingerprint density at radius 3 is 2.30 bits per heavy atom. The standard InChI is InChI=1S/C22H38N4O4/c1-8-9-10-13(16(27)19(29)24-7)25-18(28)15-14-12(22(14,5)6)11-26(15)20(30)17(23)21(2,3)4/h12-15,17H,8-11,23H2,1-7H3,(H,24,29)(H,25,28)/t12-,13?,14-,15-,17+/m0/s1. The molecular formula is C22H38N4O4. The Hall–Kier alpha value is -1.96.